The van der Waals surface area contributed by atoms with Gasteiger partial charge in [0.05, 0.1) is 23.5 Å². The Kier molecular flexibility index (Phi) is 3.88. The van der Waals surface area contributed by atoms with Gasteiger partial charge in [0.1, 0.15) is 11.6 Å². The van der Waals surface area contributed by atoms with Gasteiger partial charge >= 0.3 is 0 Å². The van der Waals surface area contributed by atoms with Crippen LogP contribution in [-0.2, 0) is 24.9 Å². The van der Waals surface area contributed by atoms with Gasteiger partial charge in [-0.05, 0) is 13.8 Å². The van der Waals surface area contributed by atoms with Gasteiger partial charge in [-0.15, -0.1) is 0 Å². The quantitative estimate of drug-likeness (QED) is 0.888. The number of aromatic amines is 2. The van der Waals surface area contributed by atoms with Crippen LogP contribution in [0, 0.1) is 13.8 Å². The average Bonchev–Trinajstić information content (AvgIpc) is 2.76. The van der Waals surface area contributed by atoms with E-state index in [1.807, 2.05) is 13.8 Å². The van der Waals surface area contributed by atoms with E-state index < -0.39 is 0 Å². The first-order chi connectivity index (χ1) is 10.7. The molecule has 0 saturated heterocycles. The van der Waals surface area contributed by atoms with Gasteiger partial charge in [0.25, 0.3) is 5.56 Å². The molecule has 0 fully saturated rings. The van der Waals surface area contributed by atoms with Crippen molar-refractivity contribution >= 4 is 0 Å². The molecule has 1 aliphatic rings. The smallest absolute Gasteiger partial charge is 0.255 e. The number of H-pyrrole nitrogens is 2. The van der Waals surface area contributed by atoms with E-state index >= 15 is 0 Å². The van der Waals surface area contributed by atoms with E-state index in [0.717, 1.165) is 53.8 Å². The summed E-state index contributed by atoms with van der Waals surface area (Å²) in [4.78, 5) is 30.2. The maximum Gasteiger partial charge on any atom is 0.255 e. The number of rotatable bonds is 2. The number of fused-ring (bicyclic) bond motifs is 1. The van der Waals surface area contributed by atoms with E-state index in [1.54, 1.807) is 0 Å². The minimum atomic E-state index is -0.144. The molecule has 0 spiro atoms. The van der Waals surface area contributed by atoms with Crippen molar-refractivity contribution in [2.75, 3.05) is 6.54 Å². The van der Waals surface area contributed by atoms with Gasteiger partial charge in [0.2, 0.25) is 0 Å². The Balaban J connectivity index is 1.82. The Morgan fingerprint density at radius 1 is 1.17 bits per heavy atom. The third-order valence-corrected chi connectivity index (χ3v) is 4.41. The first-order valence-corrected chi connectivity index (χ1v) is 8.11. The van der Waals surface area contributed by atoms with Crippen LogP contribution in [0.4, 0.5) is 0 Å². The minimum Gasteiger partial charge on any atom is -0.345 e. The Morgan fingerprint density at radius 2 is 1.91 bits per heavy atom. The Labute approximate surface area is 136 Å². The highest BCUT2D eigenvalue weighted by Gasteiger charge is 2.25. The lowest BCUT2D eigenvalue weighted by Gasteiger charge is -2.28. The molecule has 0 aliphatic carbocycles. The molecule has 0 unspecified atom stereocenters. The highest BCUT2D eigenvalue weighted by atomic mass is 16.1. The normalized spacial score (nSPS) is 15.7. The highest BCUT2D eigenvalue weighted by molar-refractivity contribution is 5.23. The summed E-state index contributed by atoms with van der Waals surface area (Å²) in [5.41, 5.74) is 3.73. The zero-order valence-corrected chi connectivity index (χ0v) is 14.6. The van der Waals surface area contributed by atoms with Crippen LogP contribution >= 0.6 is 0 Å². The molecule has 0 bridgehead atoms. The van der Waals surface area contributed by atoms with Crippen molar-refractivity contribution in [2.45, 2.75) is 59.5 Å². The summed E-state index contributed by atoms with van der Waals surface area (Å²) in [5.74, 6) is 1.73. The maximum atomic E-state index is 12.4. The predicted molar refractivity (Wildman–Crippen MR) is 89.4 cm³/mol. The summed E-state index contributed by atoms with van der Waals surface area (Å²) in [6.45, 7) is 12.5. The summed E-state index contributed by atoms with van der Waals surface area (Å²) in [7, 11) is 0. The Hall–Kier alpha value is -1.95. The molecule has 0 atom stereocenters. The maximum absolute atomic E-state index is 12.4. The number of nitrogens with zero attached hydrogens (tertiary/aromatic N) is 3. The second-order valence-corrected chi connectivity index (χ2v) is 7.44. The van der Waals surface area contributed by atoms with E-state index in [0.29, 0.717) is 6.54 Å². The van der Waals surface area contributed by atoms with E-state index in [2.05, 4.69) is 40.6 Å². The summed E-state index contributed by atoms with van der Waals surface area (Å²) in [5, 5.41) is 0. The standard InChI is InChI=1S/C17H25N5O/c1-10-11(2)19-14(18-10)9-22-7-6-13-12(8-22)15(23)21-16(20-13)17(3,4)5/h6-9H2,1-5H3,(H,18,19)(H,20,21,23). The van der Waals surface area contributed by atoms with Crippen LogP contribution in [0.2, 0.25) is 0 Å². The van der Waals surface area contributed by atoms with Crippen LogP contribution in [-0.4, -0.2) is 31.4 Å². The average molecular weight is 315 g/mol. The molecule has 1 aliphatic heterocycles. The summed E-state index contributed by atoms with van der Waals surface area (Å²) in [6.07, 6.45) is 0.807. The molecule has 2 N–H and O–H groups in total. The Morgan fingerprint density at radius 3 is 2.52 bits per heavy atom. The monoisotopic (exact) mass is 315 g/mol. The predicted octanol–water partition coefficient (Wildman–Crippen LogP) is 1.97. The lowest BCUT2D eigenvalue weighted by Crippen LogP contribution is -2.37. The first-order valence-electron chi connectivity index (χ1n) is 8.11. The van der Waals surface area contributed by atoms with Crippen molar-refractivity contribution in [1.29, 1.82) is 0 Å². The van der Waals surface area contributed by atoms with Gasteiger partial charge in [0.15, 0.2) is 0 Å². The molecule has 124 valence electrons. The molecule has 6 nitrogen and oxygen atoms in total. The number of aromatic nitrogens is 4. The molecule has 23 heavy (non-hydrogen) atoms. The van der Waals surface area contributed by atoms with Crippen molar-refractivity contribution in [3.63, 3.8) is 0 Å². The van der Waals surface area contributed by atoms with Crippen LogP contribution in [0.25, 0.3) is 0 Å². The van der Waals surface area contributed by atoms with Crippen LogP contribution in [0.1, 0.15) is 55.1 Å². The molecule has 6 heteroatoms. The second-order valence-electron chi connectivity index (χ2n) is 7.44. The number of nitrogens with one attached hydrogen (secondary N) is 2. The fourth-order valence-electron chi connectivity index (χ4n) is 2.88. The molecule has 0 aromatic carbocycles. The van der Waals surface area contributed by atoms with Gasteiger partial charge in [-0.3, -0.25) is 9.69 Å². The van der Waals surface area contributed by atoms with Gasteiger partial charge in [-0.25, -0.2) is 9.97 Å². The van der Waals surface area contributed by atoms with Crippen LogP contribution < -0.4 is 5.56 Å². The van der Waals surface area contributed by atoms with Crippen molar-refractivity contribution in [3.8, 4) is 0 Å². The van der Waals surface area contributed by atoms with Crippen molar-refractivity contribution in [1.82, 2.24) is 24.8 Å². The lowest BCUT2D eigenvalue weighted by atomic mass is 9.95. The largest absolute Gasteiger partial charge is 0.345 e. The molecular weight excluding hydrogens is 290 g/mol. The number of hydrogen-bond acceptors (Lipinski definition) is 4. The van der Waals surface area contributed by atoms with Crippen molar-refractivity contribution in [2.24, 2.45) is 0 Å². The van der Waals surface area contributed by atoms with Crippen LogP contribution in [0.5, 0.6) is 0 Å². The molecule has 3 heterocycles. The minimum absolute atomic E-state index is 0.00330. The number of imidazole rings is 1. The molecule has 2 aromatic rings. The van der Waals surface area contributed by atoms with Gasteiger partial charge < -0.3 is 9.97 Å². The van der Waals surface area contributed by atoms with Crippen LogP contribution in [0.3, 0.4) is 0 Å². The fraction of sp³-hybridized carbons (Fsp3) is 0.588. The number of hydrogen-bond donors (Lipinski definition) is 2. The zero-order valence-electron chi connectivity index (χ0n) is 14.6. The third-order valence-electron chi connectivity index (χ3n) is 4.41. The number of aryl methyl sites for hydroxylation is 2. The molecule has 0 saturated carbocycles. The molecule has 3 rings (SSSR count). The Bertz CT molecular complexity index is 762. The SMILES string of the molecule is Cc1nc(CN2CCc3nc(C(C)(C)C)[nH]c(=O)c3C2)[nH]c1C. The second kappa shape index (κ2) is 5.60. The van der Waals surface area contributed by atoms with Gasteiger partial charge in [-0.2, -0.15) is 0 Å². The van der Waals surface area contributed by atoms with Crippen LogP contribution in [0.15, 0.2) is 4.79 Å². The lowest BCUT2D eigenvalue weighted by molar-refractivity contribution is 0.235. The molecule has 0 radical (unpaired) electrons. The third kappa shape index (κ3) is 3.22. The van der Waals surface area contributed by atoms with E-state index in [1.165, 1.54) is 0 Å². The summed E-state index contributed by atoms with van der Waals surface area (Å²) >= 11 is 0. The van der Waals surface area contributed by atoms with Gasteiger partial charge in [-0.1, -0.05) is 20.8 Å². The van der Waals surface area contributed by atoms with E-state index in [-0.39, 0.29) is 11.0 Å². The summed E-state index contributed by atoms with van der Waals surface area (Å²) < 4.78 is 0. The topological polar surface area (TPSA) is 77.7 Å². The molecule has 2 aromatic heterocycles. The summed E-state index contributed by atoms with van der Waals surface area (Å²) in [6, 6.07) is 0. The van der Waals surface area contributed by atoms with E-state index in [9.17, 15) is 4.79 Å². The zero-order chi connectivity index (χ0) is 16.8. The first kappa shape index (κ1) is 15.9. The van der Waals surface area contributed by atoms with Crippen molar-refractivity contribution < 1.29 is 0 Å². The van der Waals surface area contributed by atoms with Gasteiger partial charge in [0, 0.05) is 30.6 Å². The fourth-order valence-corrected chi connectivity index (χ4v) is 2.88. The highest BCUT2D eigenvalue weighted by Crippen LogP contribution is 2.21. The molecule has 0 amide bonds. The van der Waals surface area contributed by atoms with Crippen molar-refractivity contribution in [3.05, 3.63) is 44.6 Å². The van der Waals surface area contributed by atoms with E-state index in [4.69, 9.17) is 4.98 Å². The molecular formula is C17H25N5O.